The van der Waals surface area contributed by atoms with Crippen LogP contribution in [0.5, 0.6) is 0 Å². The number of thiophene rings is 1. The van der Waals surface area contributed by atoms with E-state index in [2.05, 4.69) is 10.3 Å². The number of aryl methyl sites for hydroxylation is 2. The molecule has 0 unspecified atom stereocenters. The number of amides is 1. The Labute approximate surface area is 190 Å². The summed E-state index contributed by atoms with van der Waals surface area (Å²) in [5.74, 6) is -1.32. The highest BCUT2D eigenvalue weighted by Gasteiger charge is 2.27. The van der Waals surface area contributed by atoms with Gasteiger partial charge in [-0.2, -0.15) is 0 Å². The van der Waals surface area contributed by atoms with Crippen molar-refractivity contribution in [3.8, 4) is 0 Å². The molecule has 2 heterocycles. The van der Waals surface area contributed by atoms with Crippen molar-refractivity contribution in [1.82, 2.24) is 4.98 Å². The Morgan fingerprint density at radius 3 is 2.78 bits per heavy atom. The fourth-order valence-corrected chi connectivity index (χ4v) is 5.32. The second-order valence-electron chi connectivity index (χ2n) is 7.70. The van der Waals surface area contributed by atoms with Gasteiger partial charge in [-0.1, -0.05) is 18.2 Å². The quantitative estimate of drug-likeness (QED) is 0.492. The van der Waals surface area contributed by atoms with Crippen LogP contribution in [-0.2, 0) is 38.3 Å². The van der Waals surface area contributed by atoms with E-state index in [0.717, 1.165) is 52.6 Å². The Hall–Kier alpha value is -3.13. The van der Waals surface area contributed by atoms with E-state index < -0.39 is 24.5 Å². The highest BCUT2D eigenvalue weighted by Crippen LogP contribution is 2.38. The Balaban J connectivity index is 1.33. The molecule has 1 aliphatic rings. The van der Waals surface area contributed by atoms with E-state index in [1.54, 1.807) is 6.92 Å². The molecule has 0 aliphatic heterocycles. The Kier molecular flexibility index (Phi) is 6.90. The zero-order valence-electron chi connectivity index (χ0n) is 18.0. The summed E-state index contributed by atoms with van der Waals surface area (Å²) in [6.45, 7) is 1.63. The average Bonchev–Trinajstić information content (AvgIpc) is 3.37. The van der Waals surface area contributed by atoms with E-state index in [-0.39, 0.29) is 13.0 Å². The van der Waals surface area contributed by atoms with E-state index in [4.69, 9.17) is 9.47 Å². The number of hydrogen-bond acceptors (Lipinski definition) is 6. The zero-order chi connectivity index (χ0) is 22.5. The number of para-hydroxylation sites is 1. The van der Waals surface area contributed by atoms with Gasteiger partial charge in [-0.25, -0.2) is 4.79 Å². The fourth-order valence-electron chi connectivity index (χ4n) is 4.03. The molecular formula is C24H26N2O5S. The lowest BCUT2D eigenvalue weighted by molar-refractivity contribution is -0.147. The van der Waals surface area contributed by atoms with Crippen LogP contribution in [0.2, 0.25) is 0 Å². The van der Waals surface area contributed by atoms with Crippen LogP contribution in [0.1, 0.15) is 52.5 Å². The molecule has 1 amide bonds. The first-order valence-corrected chi connectivity index (χ1v) is 11.7. The second kappa shape index (κ2) is 9.99. The maximum Gasteiger partial charge on any atom is 0.341 e. The number of ether oxygens (including phenoxy) is 2. The standard InChI is InChI=1S/C24H26N2O5S/c1-2-30-24(29)22-17-8-4-6-10-19(17)32-23(22)26-20(27)14-31-21(28)12-11-15-13-25-18-9-5-3-7-16(15)18/h3,5,7,9,13,25H,2,4,6,8,10-12,14H2,1H3,(H,26,27). The number of aromatic nitrogens is 1. The molecule has 1 aliphatic carbocycles. The third kappa shape index (κ3) is 4.85. The first-order valence-electron chi connectivity index (χ1n) is 10.9. The highest BCUT2D eigenvalue weighted by molar-refractivity contribution is 7.17. The van der Waals surface area contributed by atoms with Gasteiger partial charge < -0.3 is 19.8 Å². The number of fused-ring (bicyclic) bond motifs is 2. The normalized spacial score (nSPS) is 12.9. The molecule has 0 atom stereocenters. The predicted octanol–water partition coefficient (Wildman–Crippen LogP) is 4.40. The van der Waals surface area contributed by atoms with Crippen molar-refractivity contribution < 1.29 is 23.9 Å². The van der Waals surface area contributed by atoms with Crippen molar-refractivity contribution in [2.75, 3.05) is 18.5 Å². The molecule has 32 heavy (non-hydrogen) atoms. The maximum atomic E-state index is 12.5. The third-order valence-corrected chi connectivity index (χ3v) is 6.75. The number of benzene rings is 1. The molecule has 0 bridgehead atoms. The first-order chi connectivity index (χ1) is 15.6. The molecule has 3 aromatic rings. The lowest BCUT2D eigenvalue weighted by Gasteiger charge is -2.12. The zero-order valence-corrected chi connectivity index (χ0v) is 18.8. The molecule has 0 radical (unpaired) electrons. The summed E-state index contributed by atoms with van der Waals surface area (Å²) in [6.07, 6.45) is 6.37. The van der Waals surface area contributed by atoms with E-state index >= 15 is 0 Å². The van der Waals surface area contributed by atoms with Crippen molar-refractivity contribution in [2.45, 2.75) is 45.4 Å². The van der Waals surface area contributed by atoms with Gasteiger partial charge in [-0.3, -0.25) is 9.59 Å². The van der Waals surface area contributed by atoms with Crippen molar-refractivity contribution in [1.29, 1.82) is 0 Å². The molecule has 168 valence electrons. The van der Waals surface area contributed by atoms with Crippen LogP contribution in [0.4, 0.5) is 5.00 Å². The Morgan fingerprint density at radius 2 is 1.94 bits per heavy atom. The highest BCUT2D eigenvalue weighted by atomic mass is 32.1. The minimum absolute atomic E-state index is 0.177. The summed E-state index contributed by atoms with van der Waals surface area (Å²) >= 11 is 1.41. The van der Waals surface area contributed by atoms with Gasteiger partial charge in [0.25, 0.3) is 5.91 Å². The minimum atomic E-state index is -0.463. The summed E-state index contributed by atoms with van der Waals surface area (Å²) in [6, 6.07) is 7.89. The van der Waals surface area contributed by atoms with E-state index in [0.29, 0.717) is 17.0 Å². The SMILES string of the molecule is CCOC(=O)c1c(NC(=O)COC(=O)CCc2c[nH]c3ccccc23)sc2c1CCCC2. The number of esters is 2. The van der Waals surface area contributed by atoms with Crippen LogP contribution in [0, 0.1) is 0 Å². The molecule has 0 spiro atoms. The Bertz CT molecular complexity index is 1150. The summed E-state index contributed by atoms with van der Waals surface area (Å²) in [5, 5.41) is 4.31. The van der Waals surface area contributed by atoms with Gasteiger partial charge in [0.05, 0.1) is 12.2 Å². The molecule has 0 fully saturated rings. The van der Waals surface area contributed by atoms with Crippen LogP contribution in [-0.4, -0.2) is 36.0 Å². The third-order valence-electron chi connectivity index (χ3n) is 5.54. The molecule has 4 rings (SSSR count). The van der Waals surface area contributed by atoms with E-state index in [1.807, 2.05) is 30.5 Å². The van der Waals surface area contributed by atoms with Crippen molar-refractivity contribution in [3.05, 3.63) is 52.0 Å². The van der Waals surface area contributed by atoms with Crippen molar-refractivity contribution in [3.63, 3.8) is 0 Å². The fraction of sp³-hybridized carbons (Fsp3) is 0.375. The maximum absolute atomic E-state index is 12.5. The smallest absolute Gasteiger partial charge is 0.341 e. The average molecular weight is 455 g/mol. The summed E-state index contributed by atoms with van der Waals surface area (Å²) in [4.78, 5) is 41.4. The number of aromatic amines is 1. The lowest BCUT2D eigenvalue weighted by atomic mass is 9.95. The number of H-pyrrole nitrogens is 1. The van der Waals surface area contributed by atoms with Gasteiger partial charge >= 0.3 is 11.9 Å². The first kappa shape index (κ1) is 22.1. The van der Waals surface area contributed by atoms with E-state index in [9.17, 15) is 14.4 Å². The summed E-state index contributed by atoms with van der Waals surface area (Å²) in [5.41, 5.74) is 3.48. The van der Waals surface area contributed by atoms with Crippen LogP contribution in [0.25, 0.3) is 10.9 Å². The van der Waals surface area contributed by atoms with Crippen LogP contribution in [0.15, 0.2) is 30.5 Å². The van der Waals surface area contributed by atoms with E-state index in [1.165, 1.54) is 11.3 Å². The molecule has 1 aromatic carbocycles. The number of rotatable bonds is 8. The van der Waals surface area contributed by atoms with Gasteiger partial charge in [0, 0.05) is 28.4 Å². The molecule has 2 N–H and O–H groups in total. The van der Waals surface area contributed by atoms with Crippen molar-refractivity contribution in [2.24, 2.45) is 0 Å². The van der Waals surface area contributed by atoms with Gasteiger partial charge in [0.2, 0.25) is 0 Å². The summed E-state index contributed by atoms with van der Waals surface area (Å²) < 4.78 is 10.4. The number of nitrogens with one attached hydrogen (secondary N) is 2. The number of carbonyl (C=O) groups excluding carboxylic acids is 3. The van der Waals surface area contributed by atoms with Crippen LogP contribution < -0.4 is 5.32 Å². The molecule has 0 saturated carbocycles. The van der Waals surface area contributed by atoms with Gasteiger partial charge in [0.1, 0.15) is 5.00 Å². The van der Waals surface area contributed by atoms with Gasteiger partial charge in [-0.05, 0) is 56.2 Å². The number of carbonyl (C=O) groups is 3. The minimum Gasteiger partial charge on any atom is -0.462 e. The Morgan fingerprint density at radius 1 is 1.12 bits per heavy atom. The molecule has 0 saturated heterocycles. The van der Waals surface area contributed by atoms with Crippen LogP contribution in [0.3, 0.4) is 0 Å². The largest absolute Gasteiger partial charge is 0.462 e. The van der Waals surface area contributed by atoms with Crippen LogP contribution >= 0.6 is 11.3 Å². The second-order valence-corrected chi connectivity index (χ2v) is 8.81. The molecular weight excluding hydrogens is 428 g/mol. The van der Waals surface area contributed by atoms with Gasteiger partial charge in [-0.15, -0.1) is 11.3 Å². The lowest BCUT2D eigenvalue weighted by Crippen LogP contribution is -2.22. The van der Waals surface area contributed by atoms with Gasteiger partial charge in [0.15, 0.2) is 6.61 Å². The number of anilines is 1. The van der Waals surface area contributed by atoms with Crippen molar-refractivity contribution >= 4 is 45.1 Å². The molecule has 2 aromatic heterocycles. The predicted molar refractivity (Wildman–Crippen MR) is 123 cm³/mol. The molecule has 7 nitrogen and oxygen atoms in total. The number of hydrogen-bond donors (Lipinski definition) is 2. The monoisotopic (exact) mass is 454 g/mol. The topological polar surface area (TPSA) is 97.5 Å². The molecule has 8 heteroatoms. The summed E-state index contributed by atoms with van der Waals surface area (Å²) in [7, 11) is 0.